The molecule has 0 amide bonds. The Morgan fingerprint density at radius 2 is 0.765 bits per heavy atom. The van der Waals surface area contributed by atoms with Crippen LogP contribution < -0.4 is 0 Å². The summed E-state index contributed by atoms with van der Waals surface area (Å²) in [6, 6.07) is 0. The fourth-order valence-electron chi connectivity index (χ4n) is 0.856. The SMILES string of the molecule is C1=C\CC/C=C\CC/1.C=C(C)C.C=C(C)C.[Ru]. The first-order chi connectivity index (χ1) is 7.46. The van der Waals surface area contributed by atoms with Gasteiger partial charge in [0.25, 0.3) is 0 Å². The zero-order chi connectivity index (χ0) is 12.8. The van der Waals surface area contributed by atoms with Crippen molar-refractivity contribution in [3.05, 3.63) is 48.6 Å². The second-order valence-electron chi connectivity index (χ2n) is 4.51. The van der Waals surface area contributed by atoms with Crippen molar-refractivity contribution in [3.8, 4) is 0 Å². The molecule has 0 atom stereocenters. The average Bonchev–Trinajstić information content (AvgIpc) is 1.98. The van der Waals surface area contributed by atoms with Crippen LogP contribution in [0, 0.1) is 0 Å². The minimum atomic E-state index is 0. The zero-order valence-electron chi connectivity index (χ0n) is 11.9. The van der Waals surface area contributed by atoms with Crippen molar-refractivity contribution in [2.45, 2.75) is 53.4 Å². The summed E-state index contributed by atoms with van der Waals surface area (Å²) in [4.78, 5) is 0. The maximum atomic E-state index is 3.56. The molecule has 1 aliphatic carbocycles. The monoisotopic (exact) mass is 322 g/mol. The Kier molecular flexibility index (Phi) is 23.1. The zero-order valence-corrected chi connectivity index (χ0v) is 13.6. The molecule has 0 aliphatic heterocycles. The molecule has 100 valence electrons. The molecule has 0 aromatic rings. The minimum Gasteiger partial charge on any atom is -0.100 e. The second-order valence-corrected chi connectivity index (χ2v) is 4.51. The number of hydrogen-bond acceptors (Lipinski definition) is 0. The molecule has 0 N–H and O–H groups in total. The van der Waals surface area contributed by atoms with Crippen molar-refractivity contribution >= 4 is 0 Å². The Balaban J connectivity index is -0.000000189. The van der Waals surface area contributed by atoms with E-state index in [1.54, 1.807) is 0 Å². The van der Waals surface area contributed by atoms with Crippen LogP contribution in [0.3, 0.4) is 0 Å². The van der Waals surface area contributed by atoms with Crippen LogP contribution in [0.1, 0.15) is 53.4 Å². The van der Waals surface area contributed by atoms with E-state index < -0.39 is 0 Å². The first-order valence-corrected chi connectivity index (χ1v) is 6.01. The van der Waals surface area contributed by atoms with Gasteiger partial charge in [-0.05, 0) is 53.4 Å². The van der Waals surface area contributed by atoms with Gasteiger partial charge in [0, 0.05) is 19.5 Å². The van der Waals surface area contributed by atoms with Gasteiger partial charge in [0.05, 0.1) is 0 Å². The molecule has 0 nitrogen and oxygen atoms in total. The third-order valence-electron chi connectivity index (χ3n) is 1.33. The van der Waals surface area contributed by atoms with E-state index in [1.807, 2.05) is 27.7 Å². The van der Waals surface area contributed by atoms with E-state index in [0.717, 1.165) is 0 Å². The smallest absolute Gasteiger partial charge is 0 e. The van der Waals surface area contributed by atoms with Gasteiger partial charge >= 0.3 is 0 Å². The van der Waals surface area contributed by atoms with E-state index in [4.69, 9.17) is 0 Å². The van der Waals surface area contributed by atoms with Gasteiger partial charge in [-0.15, -0.1) is 13.2 Å². The summed E-state index contributed by atoms with van der Waals surface area (Å²) in [5.41, 5.74) is 2.33. The van der Waals surface area contributed by atoms with Crippen molar-refractivity contribution in [1.29, 1.82) is 0 Å². The van der Waals surface area contributed by atoms with Gasteiger partial charge in [0.15, 0.2) is 0 Å². The van der Waals surface area contributed by atoms with E-state index in [9.17, 15) is 0 Å². The summed E-state index contributed by atoms with van der Waals surface area (Å²) in [5.74, 6) is 0. The largest absolute Gasteiger partial charge is 0.100 e. The van der Waals surface area contributed by atoms with Gasteiger partial charge in [-0.25, -0.2) is 0 Å². The van der Waals surface area contributed by atoms with Gasteiger partial charge < -0.3 is 0 Å². The molecule has 0 bridgehead atoms. The van der Waals surface area contributed by atoms with E-state index in [2.05, 4.69) is 37.5 Å². The average molecular weight is 321 g/mol. The first kappa shape index (κ1) is 21.8. The molecule has 0 aromatic heterocycles. The number of allylic oxidation sites excluding steroid dienone is 6. The van der Waals surface area contributed by atoms with Gasteiger partial charge in [0.2, 0.25) is 0 Å². The molecule has 0 heterocycles. The Bertz CT molecular complexity index is 188. The second kappa shape index (κ2) is 18.0. The van der Waals surface area contributed by atoms with E-state index in [-0.39, 0.29) is 19.5 Å². The fourth-order valence-corrected chi connectivity index (χ4v) is 0.856. The van der Waals surface area contributed by atoms with Gasteiger partial charge in [-0.3, -0.25) is 0 Å². The topological polar surface area (TPSA) is 0 Å². The van der Waals surface area contributed by atoms with Crippen molar-refractivity contribution in [3.63, 3.8) is 0 Å². The van der Waals surface area contributed by atoms with Crippen LogP contribution in [0.25, 0.3) is 0 Å². The molecule has 0 spiro atoms. The van der Waals surface area contributed by atoms with Crippen molar-refractivity contribution in [2.75, 3.05) is 0 Å². The maximum Gasteiger partial charge on any atom is 0 e. The molecule has 1 heteroatoms. The molecule has 0 saturated heterocycles. The van der Waals surface area contributed by atoms with Crippen molar-refractivity contribution < 1.29 is 19.5 Å². The standard InChI is InChI=1S/C8H12.2C4H8.Ru/c1-2-4-6-8-7-5-3-1;2*1-4(2)3;/h1-2,7-8H,3-6H2;2*1H2,2-3H3;/b2-1-,8-7-;;;. The fraction of sp³-hybridized carbons (Fsp3) is 0.500. The molecular weight excluding hydrogens is 293 g/mol. The Labute approximate surface area is 121 Å². The molecule has 0 saturated carbocycles. The molecule has 0 aromatic carbocycles. The van der Waals surface area contributed by atoms with Crippen molar-refractivity contribution in [1.82, 2.24) is 0 Å². The van der Waals surface area contributed by atoms with Crippen LogP contribution in [-0.2, 0) is 19.5 Å². The summed E-state index contributed by atoms with van der Waals surface area (Å²) in [5, 5.41) is 0. The van der Waals surface area contributed by atoms with E-state index in [0.29, 0.717) is 0 Å². The van der Waals surface area contributed by atoms with Crippen LogP contribution in [-0.4, -0.2) is 0 Å². The van der Waals surface area contributed by atoms with Crippen LogP contribution in [0.5, 0.6) is 0 Å². The Morgan fingerprint density at radius 1 is 0.647 bits per heavy atom. The van der Waals surface area contributed by atoms with Crippen molar-refractivity contribution in [2.24, 2.45) is 0 Å². The molecule has 0 fully saturated rings. The third-order valence-corrected chi connectivity index (χ3v) is 1.33. The summed E-state index contributed by atoms with van der Waals surface area (Å²) < 4.78 is 0. The van der Waals surface area contributed by atoms with E-state index in [1.165, 1.54) is 36.8 Å². The number of rotatable bonds is 0. The first-order valence-electron chi connectivity index (χ1n) is 6.01. The van der Waals surface area contributed by atoms with Gasteiger partial charge in [-0.1, -0.05) is 35.5 Å². The summed E-state index contributed by atoms with van der Waals surface area (Å²) in [6.07, 6.45) is 14.0. The molecule has 1 aliphatic rings. The molecule has 1 rings (SSSR count). The normalized spacial score (nSPS) is 16.2. The third kappa shape index (κ3) is 50.0. The maximum absolute atomic E-state index is 3.56. The molecule has 0 radical (unpaired) electrons. The molecule has 17 heavy (non-hydrogen) atoms. The van der Waals surface area contributed by atoms with Crippen LogP contribution in [0.4, 0.5) is 0 Å². The molecule has 0 unspecified atom stereocenters. The van der Waals surface area contributed by atoms with E-state index >= 15 is 0 Å². The Hall–Kier alpha value is -0.417. The Morgan fingerprint density at radius 3 is 0.882 bits per heavy atom. The predicted molar refractivity (Wildman–Crippen MR) is 77.7 cm³/mol. The molecular formula is C16H28Ru. The predicted octanol–water partition coefficient (Wildman–Crippen LogP) is 5.84. The van der Waals surface area contributed by atoms with Crippen LogP contribution in [0.2, 0.25) is 0 Å². The summed E-state index contributed by atoms with van der Waals surface area (Å²) >= 11 is 0. The number of hydrogen-bond donors (Lipinski definition) is 0. The van der Waals surface area contributed by atoms with Gasteiger partial charge in [0.1, 0.15) is 0 Å². The minimum absolute atomic E-state index is 0. The quantitative estimate of drug-likeness (QED) is 0.389. The summed E-state index contributed by atoms with van der Waals surface area (Å²) in [7, 11) is 0. The van der Waals surface area contributed by atoms with Gasteiger partial charge in [-0.2, -0.15) is 0 Å². The van der Waals surface area contributed by atoms with Crippen LogP contribution >= 0.6 is 0 Å². The summed E-state index contributed by atoms with van der Waals surface area (Å²) in [6.45, 7) is 15.0. The van der Waals surface area contributed by atoms with Crippen LogP contribution in [0.15, 0.2) is 48.6 Å².